The Kier molecular flexibility index (Phi) is 7.20. The topological polar surface area (TPSA) is 25.8 Å². The third-order valence-electron chi connectivity index (χ3n) is 11.6. The van der Waals surface area contributed by atoms with Crippen LogP contribution in [-0.4, -0.2) is 9.97 Å². The summed E-state index contributed by atoms with van der Waals surface area (Å²) in [6, 6.07) is 67.9. The molecule has 2 nitrogen and oxygen atoms in total. The average molecular weight is 719 g/mol. The number of hydrogen-bond acceptors (Lipinski definition) is 3. The van der Waals surface area contributed by atoms with Crippen LogP contribution in [0.4, 0.5) is 0 Å². The minimum Gasteiger partial charge on any atom is -0.228 e. The van der Waals surface area contributed by atoms with E-state index in [0.717, 1.165) is 39.3 Å². The molecule has 0 spiro atoms. The number of nitrogens with zero attached hydrogens (tertiary/aromatic N) is 2. The predicted molar refractivity (Wildman–Crippen MR) is 232 cm³/mol. The zero-order valence-corrected chi connectivity index (χ0v) is 31.0. The van der Waals surface area contributed by atoms with E-state index >= 15 is 0 Å². The summed E-state index contributed by atoms with van der Waals surface area (Å²) < 4.78 is 2.62. The molecule has 0 saturated heterocycles. The van der Waals surface area contributed by atoms with Gasteiger partial charge in [-0.25, -0.2) is 9.97 Å². The van der Waals surface area contributed by atoms with Crippen molar-refractivity contribution in [1.82, 2.24) is 9.97 Å². The van der Waals surface area contributed by atoms with Gasteiger partial charge in [0.05, 0.1) is 11.4 Å². The Labute approximate surface area is 324 Å². The summed E-state index contributed by atoms with van der Waals surface area (Å²) in [5.74, 6) is 0.720. The van der Waals surface area contributed by atoms with Crippen LogP contribution in [0.5, 0.6) is 0 Å². The number of thiophene rings is 1. The molecule has 2 heterocycles. The standard InChI is InChI=1S/C52H34N2S/c1-52(36-16-3-2-4-17-36)43-24-9-7-19-40(43)49-41(23-12-25-44(49)52)46-32-45(53-51(54-46)39-22-11-15-33-14-5-6-18-37(33)39)35-30-28-34(29-31-35)38-21-13-27-48-50(38)42-20-8-10-26-47(42)55-48/h2-32H,1H3. The van der Waals surface area contributed by atoms with Crippen LogP contribution in [0.15, 0.2) is 188 Å². The molecule has 0 fully saturated rings. The molecular formula is C52H34N2S. The molecule has 1 aliphatic carbocycles. The molecular weight excluding hydrogens is 685 g/mol. The number of fused-ring (bicyclic) bond motifs is 7. The van der Waals surface area contributed by atoms with Crippen LogP contribution in [0, 0.1) is 0 Å². The fourth-order valence-corrected chi connectivity index (χ4v) is 10.1. The summed E-state index contributed by atoms with van der Waals surface area (Å²) >= 11 is 1.86. The Morgan fingerprint density at radius 3 is 1.93 bits per heavy atom. The van der Waals surface area contributed by atoms with Crippen molar-refractivity contribution < 1.29 is 0 Å². The fourth-order valence-electron chi connectivity index (χ4n) is 8.95. The zero-order chi connectivity index (χ0) is 36.5. The van der Waals surface area contributed by atoms with Crippen molar-refractivity contribution in [3.63, 3.8) is 0 Å². The van der Waals surface area contributed by atoms with E-state index in [0.29, 0.717) is 0 Å². The van der Waals surface area contributed by atoms with E-state index in [1.165, 1.54) is 64.5 Å². The van der Waals surface area contributed by atoms with Crippen LogP contribution in [-0.2, 0) is 5.41 Å². The minimum absolute atomic E-state index is 0.302. The van der Waals surface area contributed by atoms with Gasteiger partial charge in [0.1, 0.15) is 0 Å². The van der Waals surface area contributed by atoms with Gasteiger partial charge in [-0.05, 0) is 74.8 Å². The summed E-state index contributed by atoms with van der Waals surface area (Å²) in [6.07, 6.45) is 0. The van der Waals surface area contributed by atoms with Gasteiger partial charge >= 0.3 is 0 Å². The van der Waals surface area contributed by atoms with Gasteiger partial charge in [-0.2, -0.15) is 0 Å². The molecule has 1 unspecified atom stereocenters. The van der Waals surface area contributed by atoms with Crippen LogP contribution in [0.1, 0.15) is 23.6 Å². The average Bonchev–Trinajstić information content (AvgIpc) is 3.77. The second-order valence-electron chi connectivity index (χ2n) is 14.6. The maximum atomic E-state index is 5.43. The van der Waals surface area contributed by atoms with Gasteiger partial charge in [0, 0.05) is 42.3 Å². The maximum absolute atomic E-state index is 5.43. The highest BCUT2D eigenvalue weighted by molar-refractivity contribution is 7.25. The lowest BCUT2D eigenvalue weighted by Gasteiger charge is -2.28. The summed E-state index contributed by atoms with van der Waals surface area (Å²) in [6.45, 7) is 2.37. The molecule has 2 aromatic heterocycles. The van der Waals surface area contributed by atoms with Crippen molar-refractivity contribution in [2.45, 2.75) is 12.3 Å². The lowest BCUT2D eigenvalue weighted by atomic mass is 9.74. The minimum atomic E-state index is -0.302. The van der Waals surface area contributed by atoms with Crippen molar-refractivity contribution in [2.75, 3.05) is 0 Å². The lowest BCUT2D eigenvalue weighted by Crippen LogP contribution is -2.22. The molecule has 8 aromatic carbocycles. The second kappa shape index (κ2) is 12.4. The van der Waals surface area contributed by atoms with Crippen molar-refractivity contribution in [3.8, 4) is 56.2 Å². The molecule has 0 bridgehead atoms. The summed E-state index contributed by atoms with van der Waals surface area (Å²) in [5.41, 5.74) is 13.5. The first kappa shape index (κ1) is 31.8. The summed E-state index contributed by atoms with van der Waals surface area (Å²) in [4.78, 5) is 10.8. The first-order valence-electron chi connectivity index (χ1n) is 18.8. The lowest BCUT2D eigenvalue weighted by molar-refractivity contribution is 0.714. The van der Waals surface area contributed by atoms with Gasteiger partial charge in [0.25, 0.3) is 0 Å². The van der Waals surface area contributed by atoms with Crippen molar-refractivity contribution in [1.29, 1.82) is 0 Å². The van der Waals surface area contributed by atoms with E-state index in [-0.39, 0.29) is 5.41 Å². The summed E-state index contributed by atoms with van der Waals surface area (Å²) in [7, 11) is 0. The fraction of sp³-hybridized carbons (Fsp3) is 0.0385. The summed E-state index contributed by atoms with van der Waals surface area (Å²) in [5, 5.41) is 4.94. The Bertz CT molecular complexity index is 3100. The quantitative estimate of drug-likeness (QED) is 0.177. The molecule has 3 heteroatoms. The molecule has 0 amide bonds. The Morgan fingerprint density at radius 2 is 1.04 bits per heavy atom. The van der Waals surface area contributed by atoms with Gasteiger partial charge in [-0.3, -0.25) is 0 Å². The molecule has 1 aliphatic rings. The highest BCUT2D eigenvalue weighted by Crippen LogP contribution is 2.55. The Morgan fingerprint density at radius 1 is 0.436 bits per heavy atom. The van der Waals surface area contributed by atoms with E-state index < -0.39 is 0 Å². The number of aromatic nitrogens is 2. The van der Waals surface area contributed by atoms with Crippen molar-refractivity contribution in [2.24, 2.45) is 0 Å². The van der Waals surface area contributed by atoms with Crippen LogP contribution < -0.4 is 0 Å². The molecule has 55 heavy (non-hydrogen) atoms. The highest BCUT2D eigenvalue weighted by Gasteiger charge is 2.41. The normalized spacial score (nSPS) is 14.7. The number of benzene rings is 8. The predicted octanol–water partition coefficient (Wildman–Crippen LogP) is 14.0. The van der Waals surface area contributed by atoms with Crippen LogP contribution in [0.3, 0.4) is 0 Å². The first-order valence-corrected chi connectivity index (χ1v) is 19.6. The SMILES string of the molecule is CC1(c2ccccc2)c2ccccc2-c2c(-c3cc(-c4ccc(-c5cccc6sc7ccccc7c56)cc4)nc(-c4cccc5ccccc45)n3)cccc21. The number of hydrogen-bond donors (Lipinski definition) is 0. The van der Waals surface area contributed by atoms with Crippen LogP contribution in [0.2, 0.25) is 0 Å². The van der Waals surface area contributed by atoms with E-state index in [9.17, 15) is 0 Å². The Balaban J connectivity index is 1.11. The van der Waals surface area contributed by atoms with E-state index in [2.05, 4.69) is 195 Å². The van der Waals surface area contributed by atoms with E-state index in [1.54, 1.807) is 0 Å². The van der Waals surface area contributed by atoms with E-state index in [1.807, 2.05) is 11.3 Å². The first-order chi connectivity index (χ1) is 27.1. The van der Waals surface area contributed by atoms with Crippen LogP contribution in [0.25, 0.3) is 87.1 Å². The van der Waals surface area contributed by atoms with Gasteiger partial charge in [0.15, 0.2) is 5.82 Å². The van der Waals surface area contributed by atoms with Gasteiger partial charge in [-0.1, -0.05) is 170 Å². The second-order valence-corrected chi connectivity index (χ2v) is 15.7. The molecule has 11 rings (SSSR count). The van der Waals surface area contributed by atoms with Gasteiger partial charge in [0.2, 0.25) is 0 Å². The van der Waals surface area contributed by atoms with Crippen molar-refractivity contribution >= 4 is 42.3 Å². The zero-order valence-electron chi connectivity index (χ0n) is 30.2. The smallest absolute Gasteiger partial charge is 0.161 e. The molecule has 1 atom stereocenters. The molecule has 0 radical (unpaired) electrons. The third kappa shape index (κ3) is 4.94. The Hall–Kier alpha value is -6.68. The van der Waals surface area contributed by atoms with Gasteiger partial charge < -0.3 is 0 Å². The number of rotatable bonds is 5. The van der Waals surface area contributed by atoms with Gasteiger partial charge in [-0.15, -0.1) is 11.3 Å². The van der Waals surface area contributed by atoms with E-state index in [4.69, 9.17) is 9.97 Å². The monoisotopic (exact) mass is 718 g/mol. The molecule has 0 N–H and O–H groups in total. The van der Waals surface area contributed by atoms with Crippen LogP contribution >= 0.6 is 11.3 Å². The molecule has 0 saturated carbocycles. The highest BCUT2D eigenvalue weighted by atomic mass is 32.1. The molecule has 258 valence electrons. The third-order valence-corrected chi connectivity index (χ3v) is 12.8. The molecule has 10 aromatic rings. The molecule has 0 aliphatic heterocycles. The maximum Gasteiger partial charge on any atom is 0.161 e. The van der Waals surface area contributed by atoms with Crippen molar-refractivity contribution in [3.05, 3.63) is 205 Å². The largest absolute Gasteiger partial charge is 0.228 e.